The molecule has 0 spiro atoms. The third-order valence-corrected chi connectivity index (χ3v) is 2.68. The SMILES string of the molecule is CC(=O)c1cc(C)cc(-c2ccccc2)c1F. The Morgan fingerprint density at radius 2 is 1.76 bits per heavy atom. The highest BCUT2D eigenvalue weighted by Gasteiger charge is 2.13. The molecule has 0 aliphatic rings. The molecule has 0 saturated carbocycles. The van der Waals surface area contributed by atoms with Crippen LogP contribution in [-0.2, 0) is 0 Å². The third kappa shape index (κ3) is 2.26. The Morgan fingerprint density at radius 3 is 2.35 bits per heavy atom. The summed E-state index contributed by atoms with van der Waals surface area (Å²) >= 11 is 0. The van der Waals surface area contributed by atoms with Crippen molar-refractivity contribution >= 4 is 5.78 Å². The zero-order chi connectivity index (χ0) is 12.4. The molecule has 2 aromatic carbocycles. The average Bonchev–Trinajstić information content (AvgIpc) is 2.32. The molecule has 0 saturated heterocycles. The van der Waals surface area contributed by atoms with Crippen LogP contribution in [0.2, 0.25) is 0 Å². The Bertz CT molecular complexity index is 559. The van der Waals surface area contributed by atoms with Gasteiger partial charge >= 0.3 is 0 Å². The quantitative estimate of drug-likeness (QED) is 0.710. The summed E-state index contributed by atoms with van der Waals surface area (Å²) < 4.78 is 14.2. The van der Waals surface area contributed by atoms with E-state index >= 15 is 0 Å². The Morgan fingerprint density at radius 1 is 1.12 bits per heavy atom. The van der Waals surface area contributed by atoms with Crippen molar-refractivity contribution in [3.8, 4) is 11.1 Å². The Hall–Kier alpha value is -1.96. The molecule has 2 aromatic rings. The van der Waals surface area contributed by atoms with Gasteiger partial charge < -0.3 is 0 Å². The van der Waals surface area contributed by atoms with Crippen LogP contribution in [-0.4, -0.2) is 5.78 Å². The van der Waals surface area contributed by atoms with E-state index in [0.717, 1.165) is 11.1 Å². The zero-order valence-corrected chi connectivity index (χ0v) is 9.83. The topological polar surface area (TPSA) is 17.1 Å². The normalized spacial score (nSPS) is 10.3. The van der Waals surface area contributed by atoms with Crippen LogP contribution in [0.1, 0.15) is 22.8 Å². The molecular weight excluding hydrogens is 215 g/mol. The van der Waals surface area contributed by atoms with Gasteiger partial charge in [0.25, 0.3) is 0 Å². The number of ketones is 1. The summed E-state index contributed by atoms with van der Waals surface area (Å²) in [6.07, 6.45) is 0. The first-order valence-corrected chi connectivity index (χ1v) is 5.46. The number of carbonyl (C=O) groups excluding carboxylic acids is 1. The van der Waals surface area contributed by atoms with E-state index in [2.05, 4.69) is 0 Å². The largest absolute Gasteiger partial charge is 0.294 e. The molecule has 2 heteroatoms. The molecule has 0 atom stereocenters. The highest BCUT2D eigenvalue weighted by Crippen LogP contribution is 2.26. The second-order valence-corrected chi connectivity index (χ2v) is 4.10. The van der Waals surface area contributed by atoms with Gasteiger partial charge in [0.15, 0.2) is 5.78 Å². The van der Waals surface area contributed by atoms with Gasteiger partial charge in [-0.2, -0.15) is 0 Å². The van der Waals surface area contributed by atoms with Gasteiger partial charge in [-0.15, -0.1) is 0 Å². The number of halogens is 1. The molecule has 2 rings (SSSR count). The van der Waals surface area contributed by atoms with E-state index in [4.69, 9.17) is 0 Å². The van der Waals surface area contributed by atoms with E-state index in [9.17, 15) is 9.18 Å². The Kier molecular flexibility index (Phi) is 3.05. The summed E-state index contributed by atoms with van der Waals surface area (Å²) in [7, 11) is 0. The number of carbonyl (C=O) groups is 1. The van der Waals surface area contributed by atoms with Gasteiger partial charge in [0, 0.05) is 5.56 Å². The molecule has 0 aromatic heterocycles. The van der Waals surface area contributed by atoms with Crippen molar-refractivity contribution in [1.29, 1.82) is 0 Å². The Labute approximate surface area is 99.9 Å². The van der Waals surface area contributed by atoms with Crippen LogP contribution < -0.4 is 0 Å². The number of benzene rings is 2. The lowest BCUT2D eigenvalue weighted by Crippen LogP contribution is -2.00. The van der Waals surface area contributed by atoms with Crippen molar-refractivity contribution in [2.45, 2.75) is 13.8 Å². The summed E-state index contributed by atoms with van der Waals surface area (Å²) in [6, 6.07) is 12.6. The summed E-state index contributed by atoms with van der Waals surface area (Å²) in [5, 5.41) is 0. The second-order valence-electron chi connectivity index (χ2n) is 4.10. The monoisotopic (exact) mass is 228 g/mol. The molecule has 17 heavy (non-hydrogen) atoms. The highest BCUT2D eigenvalue weighted by molar-refractivity contribution is 5.96. The van der Waals surface area contributed by atoms with Gasteiger partial charge in [-0.25, -0.2) is 4.39 Å². The van der Waals surface area contributed by atoms with E-state index < -0.39 is 5.82 Å². The predicted octanol–water partition coefficient (Wildman–Crippen LogP) is 4.00. The molecule has 0 fully saturated rings. The van der Waals surface area contributed by atoms with Gasteiger partial charge in [-0.3, -0.25) is 4.79 Å². The van der Waals surface area contributed by atoms with Crippen LogP contribution in [0.25, 0.3) is 11.1 Å². The van der Waals surface area contributed by atoms with Crippen molar-refractivity contribution in [3.05, 3.63) is 59.4 Å². The van der Waals surface area contributed by atoms with E-state index in [1.807, 2.05) is 37.3 Å². The molecule has 86 valence electrons. The maximum absolute atomic E-state index is 14.2. The minimum Gasteiger partial charge on any atom is -0.294 e. The lowest BCUT2D eigenvalue weighted by Gasteiger charge is -2.08. The standard InChI is InChI=1S/C15H13FO/c1-10-8-13(11(2)17)15(16)14(9-10)12-6-4-3-5-7-12/h3-9H,1-2H3. The smallest absolute Gasteiger partial charge is 0.162 e. The summed E-state index contributed by atoms with van der Waals surface area (Å²) in [5.41, 5.74) is 2.31. The molecule has 0 N–H and O–H groups in total. The fraction of sp³-hybridized carbons (Fsp3) is 0.133. The lowest BCUT2D eigenvalue weighted by atomic mass is 9.98. The van der Waals surface area contributed by atoms with Crippen LogP contribution >= 0.6 is 0 Å². The van der Waals surface area contributed by atoms with Crippen LogP contribution in [0.3, 0.4) is 0 Å². The fourth-order valence-electron chi connectivity index (χ4n) is 1.85. The highest BCUT2D eigenvalue weighted by atomic mass is 19.1. The summed E-state index contributed by atoms with van der Waals surface area (Å²) in [4.78, 5) is 11.4. The molecule has 0 aliphatic heterocycles. The third-order valence-electron chi connectivity index (χ3n) is 2.68. The first-order chi connectivity index (χ1) is 8.09. The van der Waals surface area contributed by atoms with Gasteiger partial charge in [-0.1, -0.05) is 30.3 Å². The fourth-order valence-corrected chi connectivity index (χ4v) is 1.85. The van der Waals surface area contributed by atoms with Crippen molar-refractivity contribution in [1.82, 2.24) is 0 Å². The number of hydrogen-bond acceptors (Lipinski definition) is 1. The van der Waals surface area contributed by atoms with Gasteiger partial charge in [0.1, 0.15) is 5.82 Å². The lowest BCUT2D eigenvalue weighted by molar-refractivity contribution is 0.101. The summed E-state index contributed by atoms with van der Waals surface area (Å²) in [5.74, 6) is -0.683. The molecule has 0 unspecified atom stereocenters. The predicted molar refractivity (Wildman–Crippen MR) is 66.6 cm³/mol. The first kappa shape index (κ1) is 11.5. The van der Waals surface area contributed by atoms with Crippen molar-refractivity contribution < 1.29 is 9.18 Å². The van der Waals surface area contributed by atoms with Crippen molar-refractivity contribution in [3.63, 3.8) is 0 Å². The first-order valence-electron chi connectivity index (χ1n) is 5.46. The van der Waals surface area contributed by atoms with Gasteiger partial charge in [-0.05, 0) is 37.1 Å². The van der Waals surface area contributed by atoms with E-state index in [1.165, 1.54) is 6.92 Å². The number of hydrogen-bond donors (Lipinski definition) is 0. The zero-order valence-electron chi connectivity index (χ0n) is 9.83. The molecular formula is C15H13FO. The average molecular weight is 228 g/mol. The van der Waals surface area contributed by atoms with E-state index in [0.29, 0.717) is 5.56 Å². The molecule has 1 nitrogen and oxygen atoms in total. The number of rotatable bonds is 2. The molecule has 0 radical (unpaired) electrons. The van der Waals surface area contributed by atoms with Crippen LogP contribution in [0.4, 0.5) is 4.39 Å². The Balaban J connectivity index is 2.67. The van der Waals surface area contributed by atoms with Gasteiger partial charge in [0.05, 0.1) is 5.56 Å². The minimum atomic E-state index is -0.436. The molecule has 0 heterocycles. The van der Waals surface area contributed by atoms with Crippen LogP contribution in [0.15, 0.2) is 42.5 Å². The summed E-state index contributed by atoms with van der Waals surface area (Å²) in [6.45, 7) is 3.24. The number of Topliss-reactive ketones (excluding diaryl/α,β-unsaturated/α-hetero) is 1. The van der Waals surface area contributed by atoms with E-state index in [1.54, 1.807) is 12.1 Å². The molecule has 0 amide bonds. The molecule has 0 bridgehead atoms. The number of aryl methyl sites for hydroxylation is 1. The van der Waals surface area contributed by atoms with Gasteiger partial charge in [0.2, 0.25) is 0 Å². The van der Waals surface area contributed by atoms with Crippen LogP contribution in [0, 0.1) is 12.7 Å². The van der Waals surface area contributed by atoms with Crippen molar-refractivity contribution in [2.24, 2.45) is 0 Å². The maximum atomic E-state index is 14.2. The maximum Gasteiger partial charge on any atom is 0.162 e. The van der Waals surface area contributed by atoms with Crippen LogP contribution in [0.5, 0.6) is 0 Å². The second kappa shape index (κ2) is 4.50. The van der Waals surface area contributed by atoms with Crippen molar-refractivity contribution in [2.75, 3.05) is 0 Å². The van der Waals surface area contributed by atoms with E-state index in [-0.39, 0.29) is 11.3 Å². The molecule has 0 aliphatic carbocycles. The minimum absolute atomic E-state index is 0.156.